The number of benzene rings is 1. The van der Waals surface area contributed by atoms with Gasteiger partial charge in [-0.3, -0.25) is 15.1 Å². The molecule has 5 heteroatoms. The minimum atomic E-state index is -0.453. The SMILES string of the molecule is Cc1ncc(-c2cccc([N+](=O)[O-])c2)cc1O. The largest absolute Gasteiger partial charge is 0.506 e. The molecule has 5 nitrogen and oxygen atoms in total. The van der Waals surface area contributed by atoms with Crippen molar-refractivity contribution in [3.63, 3.8) is 0 Å². The first-order valence-electron chi connectivity index (χ1n) is 4.98. The molecule has 1 aromatic carbocycles. The number of pyridine rings is 1. The average Bonchev–Trinajstić information content (AvgIpc) is 2.33. The Balaban J connectivity index is 2.49. The van der Waals surface area contributed by atoms with E-state index in [1.54, 1.807) is 31.3 Å². The maximum Gasteiger partial charge on any atom is 0.270 e. The van der Waals surface area contributed by atoms with E-state index in [9.17, 15) is 15.2 Å². The molecule has 2 rings (SSSR count). The molecule has 0 unspecified atom stereocenters. The van der Waals surface area contributed by atoms with Crippen molar-refractivity contribution in [1.29, 1.82) is 0 Å². The van der Waals surface area contributed by atoms with Crippen LogP contribution in [0, 0.1) is 17.0 Å². The quantitative estimate of drug-likeness (QED) is 0.635. The summed E-state index contributed by atoms with van der Waals surface area (Å²) in [6.45, 7) is 1.69. The Morgan fingerprint density at radius 2 is 2.06 bits per heavy atom. The average molecular weight is 230 g/mol. The first-order chi connectivity index (χ1) is 8.08. The van der Waals surface area contributed by atoms with Gasteiger partial charge in [-0.25, -0.2) is 0 Å². The van der Waals surface area contributed by atoms with Crippen molar-refractivity contribution >= 4 is 5.69 Å². The molecule has 1 N–H and O–H groups in total. The number of nitro benzene ring substituents is 1. The third-order valence-electron chi connectivity index (χ3n) is 2.45. The molecule has 1 aromatic heterocycles. The minimum absolute atomic E-state index is 0.0163. The predicted octanol–water partition coefficient (Wildman–Crippen LogP) is 2.67. The molecule has 0 atom stereocenters. The van der Waals surface area contributed by atoms with E-state index in [1.807, 2.05) is 0 Å². The maximum absolute atomic E-state index is 10.6. The Morgan fingerprint density at radius 1 is 1.29 bits per heavy atom. The highest BCUT2D eigenvalue weighted by molar-refractivity contribution is 5.66. The second-order valence-electron chi connectivity index (χ2n) is 3.64. The fraction of sp³-hybridized carbons (Fsp3) is 0.0833. The standard InChI is InChI=1S/C12H10N2O3/c1-8-12(15)6-10(7-13-8)9-3-2-4-11(5-9)14(16)17/h2-7,15H,1H3. The van der Waals surface area contributed by atoms with Crippen LogP contribution in [0.1, 0.15) is 5.69 Å². The Labute approximate surface area is 97.5 Å². The normalized spacial score (nSPS) is 10.2. The van der Waals surface area contributed by atoms with Crippen LogP contribution < -0.4 is 0 Å². The Kier molecular flexibility index (Phi) is 2.74. The summed E-state index contributed by atoms with van der Waals surface area (Å²) in [7, 11) is 0. The first kappa shape index (κ1) is 11.1. The third-order valence-corrected chi connectivity index (χ3v) is 2.45. The van der Waals surface area contributed by atoms with Crippen LogP contribution in [0.3, 0.4) is 0 Å². The first-order valence-corrected chi connectivity index (χ1v) is 4.98. The second kappa shape index (κ2) is 4.21. The molecule has 0 amide bonds. The lowest BCUT2D eigenvalue weighted by Gasteiger charge is -2.03. The highest BCUT2D eigenvalue weighted by atomic mass is 16.6. The molecule has 86 valence electrons. The molecular formula is C12H10N2O3. The summed E-state index contributed by atoms with van der Waals surface area (Å²) in [5.74, 6) is 0.0778. The fourth-order valence-corrected chi connectivity index (χ4v) is 1.48. The Bertz CT molecular complexity index is 582. The third kappa shape index (κ3) is 2.23. The van der Waals surface area contributed by atoms with Crippen molar-refractivity contribution < 1.29 is 10.0 Å². The van der Waals surface area contributed by atoms with Gasteiger partial charge in [0.25, 0.3) is 5.69 Å². The molecule has 17 heavy (non-hydrogen) atoms. The van der Waals surface area contributed by atoms with Crippen molar-refractivity contribution in [2.24, 2.45) is 0 Å². The summed E-state index contributed by atoms with van der Waals surface area (Å²) >= 11 is 0. The number of rotatable bonds is 2. The van der Waals surface area contributed by atoms with Gasteiger partial charge in [-0.2, -0.15) is 0 Å². The molecule has 0 fully saturated rings. The van der Waals surface area contributed by atoms with Crippen molar-refractivity contribution in [3.8, 4) is 16.9 Å². The zero-order valence-corrected chi connectivity index (χ0v) is 9.12. The molecule has 0 bridgehead atoms. The lowest BCUT2D eigenvalue weighted by Crippen LogP contribution is -1.89. The number of nitrogens with zero attached hydrogens (tertiary/aromatic N) is 2. The van der Waals surface area contributed by atoms with Gasteiger partial charge in [-0.1, -0.05) is 12.1 Å². The van der Waals surface area contributed by atoms with Crippen LogP contribution in [0.4, 0.5) is 5.69 Å². The van der Waals surface area contributed by atoms with Crippen LogP contribution in [-0.4, -0.2) is 15.0 Å². The smallest absolute Gasteiger partial charge is 0.270 e. The summed E-state index contributed by atoms with van der Waals surface area (Å²) in [6.07, 6.45) is 1.58. The van der Waals surface area contributed by atoms with E-state index in [0.29, 0.717) is 16.8 Å². The number of aromatic hydroxyl groups is 1. The Morgan fingerprint density at radius 3 is 2.71 bits per heavy atom. The van der Waals surface area contributed by atoms with Crippen molar-refractivity contribution in [1.82, 2.24) is 4.98 Å². The molecule has 0 radical (unpaired) electrons. The van der Waals surface area contributed by atoms with Crippen LogP contribution >= 0.6 is 0 Å². The molecule has 0 spiro atoms. The lowest BCUT2D eigenvalue weighted by molar-refractivity contribution is -0.384. The highest BCUT2D eigenvalue weighted by Gasteiger charge is 2.08. The van der Waals surface area contributed by atoms with Gasteiger partial charge in [0, 0.05) is 23.9 Å². The number of aryl methyl sites for hydroxylation is 1. The van der Waals surface area contributed by atoms with E-state index in [1.165, 1.54) is 12.1 Å². The predicted molar refractivity (Wildman–Crippen MR) is 62.7 cm³/mol. The van der Waals surface area contributed by atoms with E-state index in [0.717, 1.165) is 0 Å². The molecule has 0 aliphatic rings. The minimum Gasteiger partial charge on any atom is -0.506 e. The number of nitro groups is 1. The van der Waals surface area contributed by atoms with Crippen LogP contribution in [0.15, 0.2) is 36.5 Å². The van der Waals surface area contributed by atoms with Gasteiger partial charge < -0.3 is 5.11 Å². The van der Waals surface area contributed by atoms with E-state index >= 15 is 0 Å². The topological polar surface area (TPSA) is 76.3 Å². The fourth-order valence-electron chi connectivity index (χ4n) is 1.48. The summed E-state index contributed by atoms with van der Waals surface area (Å²) in [5.41, 5.74) is 1.85. The van der Waals surface area contributed by atoms with E-state index in [2.05, 4.69) is 4.98 Å². The number of non-ortho nitro benzene ring substituents is 1. The number of hydrogen-bond acceptors (Lipinski definition) is 4. The molecule has 0 saturated heterocycles. The van der Waals surface area contributed by atoms with Gasteiger partial charge in [0.2, 0.25) is 0 Å². The van der Waals surface area contributed by atoms with Gasteiger partial charge >= 0.3 is 0 Å². The summed E-state index contributed by atoms with van der Waals surface area (Å²) < 4.78 is 0. The molecule has 0 aliphatic carbocycles. The maximum atomic E-state index is 10.6. The summed E-state index contributed by atoms with van der Waals surface area (Å²) in [5, 5.41) is 20.2. The van der Waals surface area contributed by atoms with Crippen molar-refractivity contribution in [3.05, 3.63) is 52.3 Å². The van der Waals surface area contributed by atoms with Crippen molar-refractivity contribution in [2.45, 2.75) is 6.92 Å². The zero-order chi connectivity index (χ0) is 12.4. The summed E-state index contributed by atoms with van der Waals surface area (Å²) in [6, 6.07) is 7.75. The van der Waals surface area contributed by atoms with E-state index in [-0.39, 0.29) is 11.4 Å². The lowest BCUT2D eigenvalue weighted by atomic mass is 10.1. The van der Waals surface area contributed by atoms with Gasteiger partial charge in [0.15, 0.2) is 0 Å². The van der Waals surface area contributed by atoms with Gasteiger partial charge in [-0.15, -0.1) is 0 Å². The van der Waals surface area contributed by atoms with Crippen molar-refractivity contribution in [2.75, 3.05) is 0 Å². The van der Waals surface area contributed by atoms with E-state index < -0.39 is 4.92 Å². The molecule has 0 aliphatic heterocycles. The molecular weight excluding hydrogens is 220 g/mol. The van der Waals surface area contributed by atoms with E-state index in [4.69, 9.17) is 0 Å². The number of hydrogen-bond donors (Lipinski definition) is 1. The molecule has 0 saturated carbocycles. The zero-order valence-electron chi connectivity index (χ0n) is 9.12. The van der Waals surface area contributed by atoms with Gasteiger partial charge in [0.05, 0.1) is 10.6 Å². The van der Waals surface area contributed by atoms with Gasteiger partial charge in [-0.05, 0) is 18.6 Å². The molecule has 1 heterocycles. The molecule has 2 aromatic rings. The van der Waals surface area contributed by atoms with Crippen LogP contribution in [-0.2, 0) is 0 Å². The summed E-state index contributed by atoms with van der Waals surface area (Å²) in [4.78, 5) is 14.2. The monoisotopic (exact) mass is 230 g/mol. The van der Waals surface area contributed by atoms with Crippen LogP contribution in [0.5, 0.6) is 5.75 Å². The van der Waals surface area contributed by atoms with Gasteiger partial charge in [0.1, 0.15) is 5.75 Å². The second-order valence-corrected chi connectivity index (χ2v) is 3.64. The van der Waals surface area contributed by atoms with Crippen LogP contribution in [0.25, 0.3) is 11.1 Å². The highest BCUT2D eigenvalue weighted by Crippen LogP contribution is 2.26. The number of aromatic nitrogens is 1. The Hall–Kier alpha value is -2.43. The van der Waals surface area contributed by atoms with Crippen LogP contribution in [0.2, 0.25) is 0 Å².